The van der Waals surface area contributed by atoms with E-state index in [0.717, 1.165) is 0 Å². The monoisotopic (exact) mass is 135 g/mol. The van der Waals surface area contributed by atoms with E-state index in [4.69, 9.17) is 10.8 Å². The summed E-state index contributed by atoms with van der Waals surface area (Å²) in [5.41, 5.74) is 5.16. The molecule has 0 radical (unpaired) electrons. The highest BCUT2D eigenvalue weighted by molar-refractivity contribution is 5.67. The van der Waals surface area contributed by atoms with Crippen molar-refractivity contribution >= 4 is 5.97 Å². The van der Waals surface area contributed by atoms with E-state index < -0.39 is 18.7 Å². The Hall–Kier alpha value is -0.640. The molecule has 0 aromatic rings. The minimum atomic E-state index is -0.976. The number of rotatable bonds is 4. The first-order valence-corrected chi connectivity index (χ1v) is 2.70. The van der Waals surface area contributed by atoms with Gasteiger partial charge < -0.3 is 10.8 Å². The molecule has 0 spiro atoms. The standard InChI is InChI=1S/C5H10FNO2/c6-2-1-4(7)3-5(8)9/h4H,1-3,7H2,(H,8,9). The largest absolute Gasteiger partial charge is 0.481 e. The molecule has 9 heavy (non-hydrogen) atoms. The molecule has 3 N–H and O–H groups in total. The van der Waals surface area contributed by atoms with Gasteiger partial charge in [0.1, 0.15) is 0 Å². The van der Waals surface area contributed by atoms with Crippen molar-refractivity contribution in [2.24, 2.45) is 5.73 Å². The molecule has 0 aromatic heterocycles. The fraction of sp³-hybridized carbons (Fsp3) is 0.800. The van der Waals surface area contributed by atoms with Crippen molar-refractivity contribution in [1.82, 2.24) is 0 Å². The van der Waals surface area contributed by atoms with E-state index in [1.165, 1.54) is 0 Å². The molecule has 0 rings (SSSR count). The number of nitrogens with two attached hydrogens (primary N) is 1. The summed E-state index contributed by atoms with van der Waals surface area (Å²) in [5, 5.41) is 8.11. The lowest BCUT2D eigenvalue weighted by molar-refractivity contribution is -0.137. The van der Waals surface area contributed by atoms with Crippen LogP contribution in [0.5, 0.6) is 0 Å². The van der Waals surface area contributed by atoms with Crippen molar-refractivity contribution in [3.05, 3.63) is 0 Å². The van der Waals surface area contributed by atoms with E-state index in [0.29, 0.717) is 0 Å². The van der Waals surface area contributed by atoms with Crippen LogP contribution in [0.15, 0.2) is 0 Å². The van der Waals surface area contributed by atoms with Gasteiger partial charge in [-0.1, -0.05) is 0 Å². The topological polar surface area (TPSA) is 63.3 Å². The second-order valence-electron chi connectivity index (χ2n) is 1.84. The van der Waals surface area contributed by atoms with Crippen LogP contribution in [0.4, 0.5) is 4.39 Å². The maximum atomic E-state index is 11.4. The lowest BCUT2D eigenvalue weighted by Gasteiger charge is -2.03. The lowest BCUT2D eigenvalue weighted by atomic mass is 10.2. The van der Waals surface area contributed by atoms with Crippen molar-refractivity contribution in [2.75, 3.05) is 6.67 Å². The third-order valence-corrected chi connectivity index (χ3v) is 0.917. The number of hydrogen-bond acceptors (Lipinski definition) is 2. The van der Waals surface area contributed by atoms with Crippen LogP contribution >= 0.6 is 0 Å². The molecule has 0 bridgehead atoms. The first kappa shape index (κ1) is 8.36. The Morgan fingerprint density at radius 3 is 2.67 bits per heavy atom. The summed E-state index contributed by atoms with van der Waals surface area (Å²) in [6, 6.07) is -0.535. The van der Waals surface area contributed by atoms with Gasteiger partial charge in [0.15, 0.2) is 0 Å². The summed E-state index contributed by atoms with van der Waals surface area (Å²) in [6.07, 6.45) is -0.0176. The van der Waals surface area contributed by atoms with Gasteiger partial charge >= 0.3 is 5.97 Å². The average Bonchev–Trinajstić information content (AvgIpc) is 1.63. The van der Waals surface area contributed by atoms with Crippen LogP contribution < -0.4 is 5.73 Å². The maximum Gasteiger partial charge on any atom is 0.304 e. The SMILES string of the molecule is NC(CCF)CC(=O)O. The molecule has 0 aromatic carbocycles. The number of alkyl halides is 1. The molecular formula is C5H10FNO2. The molecule has 0 saturated heterocycles. The number of carbonyl (C=O) groups is 1. The highest BCUT2D eigenvalue weighted by Gasteiger charge is 2.06. The van der Waals surface area contributed by atoms with E-state index in [1.807, 2.05) is 0 Å². The van der Waals surface area contributed by atoms with Gasteiger partial charge in [-0.05, 0) is 6.42 Å². The van der Waals surface area contributed by atoms with Crippen LogP contribution in [-0.2, 0) is 4.79 Å². The minimum Gasteiger partial charge on any atom is -0.481 e. The van der Waals surface area contributed by atoms with Gasteiger partial charge in [0.25, 0.3) is 0 Å². The van der Waals surface area contributed by atoms with Crippen molar-refractivity contribution in [2.45, 2.75) is 18.9 Å². The zero-order valence-electron chi connectivity index (χ0n) is 5.01. The molecular weight excluding hydrogens is 125 g/mol. The first-order valence-electron chi connectivity index (χ1n) is 2.70. The van der Waals surface area contributed by atoms with Crippen molar-refractivity contribution < 1.29 is 14.3 Å². The summed E-state index contributed by atoms with van der Waals surface area (Å²) >= 11 is 0. The third kappa shape index (κ3) is 5.23. The molecule has 1 atom stereocenters. The number of halogens is 1. The van der Waals surface area contributed by atoms with Crippen LogP contribution in [0, 0.1) is 0 Å². The number of carboxylic acid groups (broad SMARTS) is 1. The fourth-order valence-corrected chi connectivity index (χ4v) is 0.467. The van der Waals surface area contributed by atoms with Crippen LogP contribution in [0.3, 0.4) is 0 Å². The maximum absolute atomic E-state index is 11.4. The van der Waals surface area contributed by atoms with Gasteiger partial charge in [-0.15, -0.1) is 0 Å². The predicted octanol–water partition coefficient (Wildman–Crippen LogP) is 0.148. The molecule has 0 saturated carbocycles. The number of carboxylic acids is 1. The van der Waals surface area contributed by atoms with Crippen LogP contribution in [-0.4, -0.2) is 23.8 Å². The van der Waals surface area contributed by atoms with Gasteiger partial charge in [-0.2, -0.15) is 0 Å². The second kappa shape index (κ2) is 4.26. The van der Waals surface area contributed by atoms with Crippen molar-refractivity contribution in [1.29, 1.82) is 0 Å². The molecule has 0 amide bonds. The normalized spacial score (nSPS) is 13.1. The zero-order chi connectivity index (χ0) is 7.28. The number of aliphatic carboxylic acids is 1. The molecule has 0 aliphatic rings. The van der Waals surface area contributed by atoms with Crippen molar-refractivity contribution in [3.63, 3.8) is 0 Å². The Bertz CT molecular complexity index is 97.0. The molecule has 0 heterocycles. The predicted molar refractivity (Wildman–Crippen MR) is 30.8 cm³/mol. The first-order chi connectivity index (χ1) is 4.16. The Kier molecular flexibility index (Phi) is 3.96. The Morgan fingerprint density at radius 2 is 2.33 bits per heavy atom. The van der Waals surface area contributed by atoms with Gasteiger partial charge in [0, 0.05) is 6.04 Å². The number of hydrogen-bond donors (Lipinski definition) is 2. The lowest BCUT2D eigenvalue weighted by Crippen LogP contribution is -2.23. The van der Waals surface area contributed by atoms with E-state index >= 15 is 0 Å². The van der Waals surface area contributed by atoms with Gasteiger partial charge in [0.05, 0.1) is 13.1 Å². The highest BCUT2D eigenvalue weighted by atomic mass is 19.1. The van der Waals surface area contributed by atoms with Crippen molar-refractivity contribution in [3.8, 4) is 0 Å². The molecule has 54 valence electrons. The molecule has 0 aliphatic heterocycles. The molecule has 0 fully saturated rings. The van der Waals surface area contributed by atoms with E-state index in [9.17, 15) is 9.18 Å². The van der Waals surface area contributed by atoms with Crippen LogP contribution in [0.2, 0.25) is 0 Å². The average molecular weight is 135 g/mol. The van der Waals surface area contributed by atoms with E-state index in [1.54, 1.807) is 0 Å². The smallest absolute Gasteiger partial charge is 0.304 e. The summed E-state index contributed by atoms with van der Waals surface area (Å²) < 4.78 is 11.4. The zero-order valence-corrected chi connectivity index (χ0v) is 5.01. The molecule has 1 unspecified atom stereocenters. The molecule has 3 nitrogen and oxygen atoms in total. The Balaban J connectivity index is 3.26. The molecule has 0 aliphatic carbocycles. The summed E-state index contributed by atoms with van der Waals surface area (Å²) in [6.45, 7) is -0.547. The van der Waals surface area contributed by atoms with E-state index in [-0.39, 0.29) is 12.8 Å². The minimum absolute atomic E-state index is 0.131. The van der Waals surface area contributed by atoms with Crippen LogP contribution in [0.25, 0.3) is 0 Å². The quantitative estimate of drug-likeness (QED) is 0.576. The van der Waals surface area contributed by atoms with Crippen LogP contribution in [0.1, 0.15) is 12.8 Å². The third-order valence-electron chi connectivity index (χ3n) is 0.917. The summed E-state index contributed by atoms with van der Waals surface area (Å²) in [7, 11) is 0. The van der Waals surface area contributed by atoms with Gasteiger partial charge in [-0.25, -0.2) is 0 Å². The Morgan fingerprint density at radius 1 is 1.78 bits per heavy atom. The molecule has 4 heteroatoms. The fourth-order valence-electron chi connectivity index (χ4n) is 0.467. The second-order valence-corrected chi connectivity index (χ2v) is 1.84. The summed E-state index contributed by atoms with van der Waals surface area (Å²) in [4.78, 5) is 9.88. The van der Waals surface area contributed by atoms with E-state index in [2.05, 4.69) is 0 Å². The Labute approximate surface area is 52.7 Å². The van der Waals surface area contributed by atoms with Gasteiger partial charge in [-0.3, -0.25) is 9.18 Å². The summed E-state index contributed by atoms with van der Waals surface area (Å²) in [5.74, 6) is -0.976. The highest BCUT2D eigenvalue weighted by Crippen LogP contribution is 1.93. The van der Waals surface area contributed by atoms with Gasteiger partial charge in [0.2, 0.25) is 0 Å².